The number of hydrogen-bond donors (Lipinski definition) is 2. The summed E-state index contributed by atoms with van der Waals surface area (Å²) >= 11 is 0. The SMILES string of the molecule is CCC1CCCCC1Oc1ccnc(C(N)=NO)c1. The molecule has 0 bridgehead atoms. The summed E-state index contributed by atoms with van der Waals surface area (Å²) < 4.78 is 6.06. The van der Waals surface area contributed by atoms with E-state index in [-0.39, 0.29) is 11.9 Å². The van der Waals surface area contributed by atoms with E-state index >= 15 is 0 Å². The Labute approximate surface area is 113 Å². The molecule has 1 saturated carbocycles. The van der Waals surface area contributed by atoms with Crippen molar-refractivity contribution >= 4 is 5.84 Å². The van der Waals surface area contributed by atoms with Crippen molar-refractivity contribution in [2.75, 3.05) is 0 Å². The van der Waals surface area contributed by atoms with E-state index in [9.17, 15) is 0 Å². The van der Waals surface area contributed by atoms with Gasteiger partial charge in [-0.1, -0.05) is 18.5 Å². The Kier molecular flexibility index (Phi) is 4.60. The molecule has 0 radical (unpaired) electrons. The molecular formula is C14H21N3O2. The maximum Gasteiger partial charge on any atom is 0.188 e. The molecule has 1 aromatic rings. The first-order chi connectivity index (χ1) is 9.24. The minimum Gasteiger partial charge on any atom is -0.490 e. The fourth-order valence-electron chi connectivity index (χ4n) is 2.65. The minimum atomic E-state index is 0.00105. The quantitative estimate of drug-likeness (QED) is 0.378. The van der Waals surface area contributed by atoms with E-state index in [1.165, 1.54) is 19.3 Å². The van der Waals surface area contributed by atoms with Crippen LogP contribution in [-0.2, 0) is 0 Å². The van der Waals surface area contributed by atoms with Gasteiger partial charge in [0.2, 0.25) is 0 Å². The van der Waals surface area contributed by atoms with Gasteiger partial charge < -0.3 is 15.7 Å². The van der Waals surface area contributed by atoms with Gasteiger partial charge in [0.25, 0.3) is 0 Å². The summed E-state index contributed by atoms with van der Waals surface area (Å²) in [5, 5.41) is 11.6. The third-order valence-electron chi connectivity index (χ3n) is 3.75. The van der Waals surface area contributed by atoms with Gasteiger partial charge in [-0.15, -0.1) is 0 Å². The lowest BCUT2D eigenvalue weighted by Gasteiger charge is -2.31. The third kappa shape index (κ3) is 3.36. The summed E-state index contributed by atoms with van der Waals surface area (Å²) in [6.45, 7) is 2.21. The van der Waals surface area contributed by atoms with Crippen LogP contribution in [-0.4, -0.2) is 22.1 Å². The zero-order chi connectivity index (χ0) is 13.7. The number of ether oxygens (including phenoxy) is 1. The van der Waals surface area contributed by atoms with Crippen molar-refractivity contribution < 1.29 is 9.94 Å². The van der Waals surface area contributed by atoms with Crippen LogP contribution in [0.4, 0.5) is 0 Å². The smallest absolute Gasteiger partial charge is 0.188 e. The highest BCUT2D eigenvalue weighted by molar-refractivity contribution is 5.95. The number of hydrogen-bond acceptors (Lipinski definition) is 4. The Morgan fingerprint density at radius 3 is 3.05 bits per heavy atom. The van der Waals surface area contributed by atoms with E-state index < -0.39 is 0 Å². The average molecular weight is 263 g/mol. The second-order valence-electron chi connectivity index (χ2n) is 4.97. The zero-order valence-electron chi connectivity index (χ0n) is 11.2. The topological polar surface area (TPSA) is 80.7 Å². The van der Waals surface area contributed by atoms with Gasteiger partial charge in [0.05, 0.1) is 0 Å². The molecule has 1 aromatic heterocycles. The molecule has 1 fully saturated rings. The number of rotatable bonds is 4. The number of pyridine rings is 1. The largest absolute Gasteiger partial charge is 0.490 e. The van der Waals surface area contributed by atoms with Gasteiger partial charge >= 0.3 is 0 Å². The first kappa shape index (κ1) is 13.6. The maximum atomic E-state index is 8.66. The molecule has 1 aliphatic rings. The number of nitrogens with two attached hydrogens (primary N) is 1. The van der Waals surface area contributed by atoms with Gasteiger partial charge in [-0.25, -0.2) is 0 Å². The van der Waals surface area contributed by atoms with Crippen LogP contribution in [0, 0.1) is 5.92 Å². The van der Waals surface area contributed by atoms with Crippen LogP contribution in [0.3, 0.4) is 0 Å². The first-order valence-corrected chi connectivity index (χ1v) is 6.85. The zero-order valence-corrected chi connectivity index (χ0v) is 11.2. The molecule has 1 aliphatic carbocycles. The third-order valence-corrected chi connectivity index (χ3v) is 3.75. The monoisotopic (exact) mass is 263 g/mol. The molecule has 5 nitrogen and oxygen atoms in total. The van der Waals surface area contributed by atoms with Crippen LogP contribution in [0.1, 0.15) is 44.7 Å². The summed E-state index contributed by atoms with van der Waals surface area (Å²) in [6, 6.07) is 3.53. The Balaban J connectivity index is 2.09. The maximum absolute atomic E-state index is 8.66. The standard InChI is InChI=1S/C14H21N3O2/c1-2-10-5-3-4-6-13(10)19-11-7-8-16-12(9-11)14(15)17-18/h7-10,13,18H,2-6H2,1H3,(H2,15,17). The molecule has 2 rings (SSSR count). The fraction of sp³-hybridized carbons (Fsp3) is 0.571. The minimum absolute atomic E-state index is 0.00105. The van der Waals surface area contributed by atoms with Gasteiger partial charge in [-0.3, -0.25) is 4.98 Å². The normalized spacial score (nSPS) is 24.2. The second-order valence-corrected chi connectivity index (χ2v) is 4.97. The van der Waals surface area contributed by atoms with E-state index in [1.54, 1.807) is 12.3 Å². The summed E-state index contributed by atoms with van der Waals surface area (Å²) in [5.74, 6) is 1.36. The van der Waals surface area contributed by atoms with Crippen LogP contribution in [0.15, 0.2) is 23.5 Å². The van der Waals surface area contributed by atoms with Crippen molar-refractivity contribution in [1.29, 1.82) is 0 Å². The second kappa shape index (κ2) is 6.41. The van der Waals surface area contributed by atoms with E-state index in [1.807, 2.05) is 6.07 Å². The van der Waals surface area contributed by atoms with Crippen LogP contribution >= 0.6 is 0 Å². The molecule has 104 valence electrons. The van der Waals surface area contributed by atoms with Crippen molar-refractivity contribution in [3.63, 3.8) is 0 Å². The number of oxime groups is 1. The fourth-order valence-corrected chi connectivity index (χ4v) is 2.65. The van der Waals surface area contributed by atoms with Crippen LogP contribution in [0.25, 0.3) is 0 Å². The van der Waals surface area contributed by atoms with Gasteiger partial charge in [0.1, 0.15) is 17.5 Å². The van der Waals surface area contributed by atoms with Crippen molar-refractivity contribution in [2.45, 2.75) is 45.1 Å². The van der Waals surface area contributed by atoms with Gasteiger partial charge in [0, 0.05) is 12.3 Å². The lowest BCUT2D eigenvalue weighted by atomic mass is 9.85. The molecular weight excluding hydrogens is 242 g/mol. The van der Waals surface area contributed by atoms with E-state index in [4.69, 9.17) is 15.7 Å². The van der Waals surface area contributed by atoms with Crippen LogP contribution in [0.2, 0.25) is 0 Å². The molecule has 3 N–H and O–H groups in total. The first-order valence-electron chi connectivity index (χ1n) is 6.85. The Bertz CT molecular complexity index is 448. The Morgan fingerprint density at radius 2 is 2.32 bits per heavy atom. The molecule has 2 atom stereocenters. The summed E-state index contributed by atoms with van der Waals surface area (Å²) in [4.78, 5) is 4.05. The summed E-state index contributed by atoms with van der Waals surface area (Å²) in [7, 11) is 0. The number of nitrogens with zero attached hydrogens (tertiary/aromatic N) is 2. The van der Waals surface area contributed by atoms with E-state index in [0.717, 1.165) is 18.6 Å². The average Bonchev–Trinajstić information content (AvgIpc) is 2.47. The highest BCUT2D eigenvalue weighted by Gasteiger charge is 2.25. The van der Waals surface area contributed by atoms with Gasteiger partial charge in [-0.2, -0.15) is 0 Å². The van der Waals surface area contributed by atoms with Gasteiger partial charge in [0.15, 0.2) is 5.84 Å². The molecule has 0 aromatic carbocycles. The van der Waals surface area contributed by atoms with Crippen LogP contribution < -0.4 is 10.5 Å². The van der Waals surface area contributed by atoms with Gasteiger partial charge in [-0.05, 0) is 37.7 Å². The summed E-state index contributed by atoms with van der Waals surface area (Å²) in [5.41, 5.74) is 5.97. The highest BCUT2D eigenvalue weighted by Crippen LogP contribution is 2.30. The molecule has 19 heavy (non-hydrogen) atoms. The lowest BCUT2D eigenvalue weighted by Crippen LogP contribution is -2.30. The molecule has 0 spiro atoms. The van der Waals surface area contributed by atoms with E-state index in [2.05, 4.69) is 17.1 Å². The molecule has 0 saturated heterocycles. The van der Waals surface area contributed by atoms with E-state index in [0.29, 0.717) is 11.6 Å². The number of aromatic nitrogens is 1. The molecule has 0 amide bonds. The van der Waals surface area contributed by atoms with Crippen molar-refractivity contribution in [2.24, 2.45) is 16.8 Å². The molecule has 2 unspecified atom stereocenters. The van der Waals surface area contributed by atoms with Crippen molar-refractivity contribution in [3.8, 4) is 5.75 Å². The molecule has 1 heterocycles. The Hall–Kier alpha value is -1.78. The Morgan fingerprint density at radius 1 is 1.53 bits per heavy atom. The van der Waals surface area contributed by atoms with Crippen molar-refractivity contribution in [1.82, 2.24) is 4.98 Å². The predicted molar refractivity (Wildman–Crippen MR) is 73.4 cm³/mol. The number of amidine groups is 1. The van der Waals surface area contributed by atoms with Crippen molar-refractivity contribution in [3.05, 3.63) is 24.0 Å². The lowest BCUT2D eigenvalue weighted by molar-refractivity contribution is 0.0903. The molecule has 0 aliphatic heterocycles. The highest BCUT2D eigenvalue weighted by atomic mass is 16.5. The molecule has 5 heteroatoms. The summed E-state index contributed by atoms with van der Waals surface area (Å²) in [6.07, 6.45) is 7.87. The predicted octanol–water partition coefficient (Wildman–Crippen LogP) is 2.52. The van der Waals surface area contributed by atoms with Crippen LogP contribution in [0.5, 0.6) is 5.75 Å².